The highest BCUT2D eigenvalue weighted by molar-refractivity contribution is 5.84. The summed E-state index contributed by atoms with van der Waals surface area (Å²) in [6, 6.07) is 12.6. The first-order valence-electron chi connectivity index (χ1n) is 6.83. The molecule has 0 spiro atoms. The second kappa shape index (κ2) is 5.58. The van der Waals surface area contributed by atoms with Crippen LogP contribution in [0.1, 0.15) is 17.0 Å². The van der Waals surface area contributed by atoms with Gasteiger partial charge >= 0.3 is 0 Å². The first-order chi connectivity index (χ1) is 10.2. The van der Waals surface area contributed by atoms with Gasteiger partial charge in [0.2, 0.25) is 0 Å². The fraction of sp³-hybridized carbons (Fsp3) is 0.176. The Morgan fingerprint density at radius 3 is 2.62 bits per heavy atom. The number of hydrogen-bond acceptors (Lipinski definition) is 2. The van der Waals surface area contributed by atoms with E-state index in [9.17, 15) is 4.39 Å². The molecule has 4 heteroatoms. The number of hydrogen-bond donors (Lipinski definition) is 2. The molecule has 108 valence electrons. The maximum Gasteiger partial charge on any atom is 0.123 e. The highest BCUT2D eigenvalue weighted by Gasteiger charge is 2.17. The van der Waals surface area contributed by atoms with E-state index in [1.165, 1.54) is 6.07 Å². The molecule has 1 atom stereocenters. The van der Waals surface area contributed by atoms with Crippen LogP contribution in [-0.2, 0) is 0 Å². The molecule has 2 aromatic carbocycles. The van der Waals surface area contributed by atoms with Crippen LogP contribution in [0.15, 0.2) is 48.7 Å². The van der Waals surface area contributed by atoms with Gasteiger partial charge in [-0.3, -0.25) is 0 Å². The van der Waals surface area contributed by atoms with Gasteiger partial charge in [-0.1, -0.05) is 12.1 Å². The van der Waals surface area contributed by atoms with Gasteiger partial charge in [0, 0.05) is 29.6 Å². The zero-order valence-electron chi connectivity index (χ0n) is 11.8. The lowest BCUT2D eigenvalue weighted by atomic mass is 9.91. The molecule has 3 aromatic rings. The summed E-state index contributed by atoms with van der Waals surface area (Å²) in [5, 5.41) is 0.876. The fourth-order valence-electron chi connectivity index (χ4n) is 2.68. The molecule has 0 bridgehead atoms. The molecule has 0 aliphatic carbocycles. The first kappa shape index (κ1) is 13.6. The molecule has 0 unspecified atom stereocenters. The zero-order chi connectivity index (χ0) is 14.8. The van der Waals surface area contributed by atoms with Crippen molar-refractivity contribution in [1.29, 1.82) is 0 Å². The minimum Gasteiger partial charge on any atom is -0.497 e. The third-order valence-corrected chi connectivity index (χ3v) is 3.81. The second-order valence-electron chi connectivity index (χ2n) is 5.00. The van der Waals surface area contributed by atoms with Gasteiger partial charge in [-0.15, -0.1) is 0 Å². The largest absolute Gasteiger partial charge is 0.497 e. The maximum absolute atomic E-state index is 13.5. The molecule has 3 N–H and O–H groups in total. The van der Waals surface area contributed by atoms with Crippen molar-refractivity contribution >= 4 is 10.9 Å². The van der Waals surface area contributed by atoms with Crippen molar-refractivity contribution in [2.24, 2.45) is 5.73 Å². The lowest BCUT2D eigenvalue weighted by Crippen LogP contribution is -2.13. The number of ether oxygens (including phenoxy) is 1. The van der Waals surface area contributed by atoms with Crippen LogP contribution in [0.3, 0.4) is 0 Å². The van der Waals surface area contributed by atoms with Crippen LogP contribution in [0.4, 0.5) is 4.39 Å². The first-order valence-corrected chi connectivity index (χ1v) is 6.83. The molecule has 0 saturated heterocycles. The predicted molar refractivity (Wildman–Crippen MR) is 82.1 cm³/mol. The number of nitrogens with two attached hydrogens (primary N) is 1. The summed E-state index contributed by atoms with van der Waals surface area (Å²) in [4.78, 5) is 3.18. The van der Waals surface area contributed by atoms with Gasteiger partial charge in [-0.05, 0) is 41.5 Å². The van der Waals surface area contributed by atoms with Gasteiger partial charge in [0.1, 0.15) is 11.6 Å². The van der Waals surface area contributed by atoms with Crippen molar-refractivity contribution in [2.75, 3.05) is 13.7 Å². The molecule has 3 rings (SSSR count). The van der Waals surface area contributed by atoms with E-state index >= 15 is 0 Å². The van der Waals surface area contributed by atoms with E-state index < -0.39 is 0 Å². The summed E-state index contributed by atoms with van der Waals surface area (Å²) in [7, 11) is 1.64. The molecule has 0 fully saturated rings. The number of halogens is 1. The minimum atomic E-state index is -0.242. The Morgan fingerprint density at radius 2 is 1.95 bits per heavy atom. The molecule has 3 nitrogen and oxygen atoms in total. The van der Waals surface area contributed by atoms with Crippen LogP contribution >= 0.6 is 0 Å². The van der Waals surface area contributed by atoms with E-state index in [0.717, 1.165) is 27.8 Å². The molecule has 0 amide bonds. The van der Waals surface area contributed by atoms with Gasteiger partial charge in [-0.25, -0.2) is 4.39 Å². The molecule has 0 aliphatic rings. The summed E-state index contributed by atoms with van der Waals surface area (Å²) in [5.41, 5.74) is 8.97. The molecule has 0 saturated carbocycles. The third-order valence-electron chi connectivity index (χ3n) is 3.81. The Morgan fingerprint density at radius 1 is 1.19 bits per heavy atom. The third kappa shape index (κ3) is 2.50. The molecule has 0 aliphatic heterocycles. The summed E-state index contributed by atoms with van der Waals surface area (Å²) >= 11 is 0. The second-order valence-corrected chi connectivity index (χ2v) is 5.00. The van der Waals surface area contributed by atoms with E-state index in [1.54, 1.807) is 19.2 Å². The van der Waals surface area contributed by atoms with Crippen LogP contribution in [0, 0.1) is 5.82 Å². The van der Waals surface area contributed by atoms with Gasteiger partial charge in [-0.2, -0.15) is 0 Å². The normalized spacial score (nSPS) is 12.5. The lowest BCUT2D eigenvalue weighted by Gasteiger charge is -2.15. The quantitative estimate of drug-likeness (QED) is 0.771. The molecular weight excluding hydrogens is 267 g/mol. The van der Waals surface area contributed by atoms with Crippen LogP contribution in [0.2, 0.25) is 0 Å². The highest BCUT2D eigenvalue weighted by atomic mass is 19.1. The number of fused-ring (bicyclic) bond motifs is 1. The van der Waals surface area contributed by atoms with Crippen molar-refractivity contribution in [1.82, 2.24) is 4.98 Å². The van der Waals surface area contributed by atoms with Gasteiger partial charge in [0.25, 0.3) is 0 Å². The van der Waals surface area contributed by atoms with Crippen LogP contribution in [0.5, 0.6) is 5.75 Å². The summed E-state index contributed by atoms with van der Waals surface area (Å²) < 4.78 is 18.7. The monoisotopic (exact) mass is 284 g/mol. The van der Waals surface area contributed by atoms with Crippen LogP contribution < -0.4 is 10.5 Å². The highest BCUT2D eigenvalue weighted by Crippen LogP contribution is 2.31. The van der Waals surface area contributed by atoms with Crippen molar-refractivity contribution in [2.45, 2.75) is 5.92 Å². The summed E-state index contributed by atoms with van der Waals surface area (Å²) in [6.07, 6.45) is 1.91. The fourth-order valence-corrected chi connectivity index (χ4v) is 2.68. The molecule has 0 radical (unpaired) electrons. The SMILES string of the molecule is COc1ccc([C@H](CN)c2c[nH]c3ccc(F)cc23)cc1. The number of methoxy groups -OCH3 is 1. The van der Waals surface area contributed by atoms with Crippen LogP contribution in [0.25, 0.3) is 10.9 Å². The van der Waals surface area contributed by atoms with Crippen molar-refractivity contribution in [3.8, 4) is 5.75 Å². The van der Waals surface area contributed by atoms with E-state index in [2.05, 4.69) is 4.98 Å². The average molecular weight is 284 g/mol. The molecular formula is C17H17FN2O. The topological polar surface area (TPSA) is 51.0 Å². The Balaban J connectivity index is 2.06. The van der Waals surface area contributed by atoms with E-state index in [4.69, 9.17) is 10.5 Å². The average Bonchev–Trinajstić information content (AvgIpc) is 2.92. The Hall–Kier alpha value is -2.33. The predicted octanol–water partition coefficient (Wildman–Crippen LogP) is 3.41. The standard InChI is InChI=1S/C17H17FN2O/c1-21-13-5-2-11(3-6-13)15(9-19)16-10-20-17-7-4-12(18)8-14(16)17/h2-8,10,15,20H,9,19H2,1H3/t15-/m0/s1. The van der Waals surface area contributed by atoms with Gasteiger partial charge in [0.05, 0.1) is 7.11 Å². The van der Waals surface area contributed by atoms with E-state index in [1.807, 2.05) is 30.5 Å². The van der Waals surface area contributed by atoms with Gasteiger partial charge in [0.15, 0.2) is 0 Å². The van der Waals surface area contributed by atoms with E-state index in [-0.39, 0.29) is 11.7 Å². The summed E-state index contributed by atoms with van der Waals surface area (Å²) in [5.74, 6) is 0.583. The summed E-state index contributed by atoms with van der Waals surface area (Å²) in [6.45, 7) is 0.454. The molecule has 1 heterocycles. The van der Waals surface area contributed by atoms with Crippen molar-refractivity contribution in [3.63, 3.8) is 0 Å². The smallest absolute Gasteiger partial charge is 0.123 e. The number of aromatic amines is 1. The van der Waals surface area contributed by atoms with E-state index in [0.29, 0.717) is 6.54 Å². The molecule has 1 aromatic heterocycles. The Bertz CT molecular complexity index is 749. The Labute approximate surface area is 122 Å². The van der Waals surface area contributed by atoms with Gasteiger partial charge < -0.3 is 15.5 Å². The zero-order valence-corrected chi connectivity index (χ0v) is 11.8. The number of benzene rings is 2. The van der Waals surface area contributed by atoms with Crippen molar-refractivity contribution in [3.05, 3.63) is 65.6 Å². The maximum atomic E-state index is 13.5. The minimum absolute atomic E-state index is 0.0199. The number of rotatable bonds is 4. The number of nitrogens with one attached hydrogen (secondary N) is 1. The number of H-pyrrole nitrogens is 1. The Kier molecular flexibility index (Phi) is 3.62. The number of aromatic nitrogens is 1. The lowest BCUT2D eigenvalue weighted by molar-refractivity contribution is 0.414. The van der Waals surface area contributed by atoms with Crippen LogP contribution in [-0.4, -0.2) is 18.6 Å². The van der Waals surface area contributed by atoms with Crippen molar-refractivity contribution < 1.29 is 9.13 Å². The molecule has 21 heavy (non-hydrogen) atoms.